The van der Waals surface area contributed by atoms with Gasteiger partial charge in [-0.15, -0.1) is 11.3 Å². The highest BCUT2D eigenvalue weighted by atomic mass is 127. The quantitative estimate of drug-likeness (QED) is 0.622. The van der Waals surface area contributed by atoms with Crippen molar-refractivity contribution in [2.45, 2.75) is 6.92 Å². The van der Waals surface area contributed by atoms with Gasteiger partial charge in [0.1, 0.15) is 0 Å². The van der Waals surface area contributed by atoms with Crippen LogP contribution in [0.1, 0.15) is 16.0 Å². The van der Waals surface area contributed by atoms with Gasteiger partial charge in [-0.25, -0.2) is 0 Å². The summed E-state index contributed by atoms with van der Waals surface area (Å²) in [5.74, 6) is 0. The predicted molar refractivity (Wildman–Crippen MR) is 82.2 cm³/mol. The Morgan fingerprint density at radius 2 is 1.88 bits per heavy atom. The summed E-state index contributed by atoms with van der Waals surface area (Å²) in [6.45, 7) is 2.08. The fraction of sp³-hybridized carbons (Fsp3) is 0.0769. The Balaban J connectivity index is 2.21. The van der Waals surface area contributed by atoms with Gasteiger partial charge in [0.25, 0.3) is 0 Å². The van der Waals surface area contributed by atoms with E-state index in [-0.39, 0.29) is 0 Å². The van der Waals surface area contributed by atoms with Gasteiger partial charge in [-0.1, -0.05) is 29.8 Å². The number of thiophene rings is 1. The highest BCUT2D eigenvalue weighted by Crippen LogP contribution is 2.27. The van der Waals surface area contributed by atoms with Gasteiger partial charge in [-0.05, 0) is 64.9 Å². The van der Waals surface area contributed by atoms with E-state index in [9.17, 15) is 0 Å². The van der Waals surface area contributed by atoms with Crippen LogP contribution in [0, 0.1) is 10.5 Å². The molecule has 0 saturated heterocycles. The van der Waals surface area contributed by atoms with Crippen molar-refractivity contribution in [1.82, 2.24) is 0 Å². The SMILES string of the molecule is Cc1cc(Cl)sc1/C=C/c1ccc(I)cc1. The fourth-order valence-electron chi connectivity index (χ4n) is 1.37. The second kappa shape index (κ2) is 5.34. The molecule has 0 aliphatic heterocycles. The Hall–Kier alpha value is -0.320. The van der Waals surface area contributed by atoms with Gasteiger partial charge in [-0.3, -0.25) is 0 Å². The lowest BCUT2D eigenvalue weighted by atomic mass is 10.2. The number of halogens is 2. The zero-order valence-electron chi connectivity index (χ0n) is 8.71. The summed E-state index contributed by atoms with van der Waals surface area (Å²) >= 11 is 9.87. The lowest BCUT2D eigenvalue weighted by Crippen LogP contribution is -1.73. The first-order valence-electron chi connectivity index (χ1n) is 4.85. The van der Waals surface area contributed by atoms with Gasteiger partial charge in [0.2, 0.25) is 0 Å². The molecule has 3 heteroatoms. The van der Waals surface area contributed by atoms with E-state index in [4.69, 9.17) is 11.6 Å². The normalized spacial score (nSPS) is 11.2. The van der Waals surface area contributed by atoms with E-state index < -0.39 is 0 Å². The molecule has 0 aliphatic rings. The Kier molecular flexibility index (Phi) is 4.05. The zero-order chi connectivity index (χ0) is 11.5. The molecule has 0 nitrogen and oxygen atoms in total. The van der Waals surface area contributed by atoms with E-state index in [1.165, 1.54) is 19.6 Å². The Morgan fingerprint density at radius 1 is 1.19 bits per heavy atom. The first kappa shape index (κ1) is 12.1. The summed E-state index contributed by atoms with van der Waals surface area (Å²) in [5, 5.41) is 0. The van der Waals surface area contributed by atoms with Crippen LogP contribution in [0.3, 0.4) is 0 Å². The molecule has 0 aliphatic carbocycles. The molecule has 1 aromatic heterocycles. The van der Waals surface area contributed by atoms with Crippen molar-refractivity contribution in [2.24, 2.45) is 0 Å². The van der Waals surface area contributed by atoms with Crippen LogP contribution in [-0.4, -0.2) is 0 Å². The van der Waals surface area contributed by atoms with Crippen LogP contribution in [0.2, 0.25) is 4.34 Å². The van der Waals surface area contributed by atoms with Gasteiger partial charge in [0.05, 0.1) is 4.34 Å². The van der Waals surface area contributed by atoms with Gasteiger partial charge in [0, 0.05) is 8.45 Å². The third-order valence-corrected chi connectivity index (χ3v) is 4.27. The lowest BCUT2D eigenvalue weighted by molar-refractivity contribution is 1.54. The first-order chi connectivity index (χ1) is 7.65. The van der Waals surface area contributed by atoms with Gasteiger partial charge in [0.15, 0.2) is 0 Å². The number of aryl methyl sites for hydroxylation is 1. The maximum Gasteiger partial charge on any atom is 0.0937 e. The molecule has 0 saturated carbocycles. The van der Waals surface area contributed by atoms with Crippen molar-refractivity contribution in [3.8, 4) is 0 Å². The minimum absolute atomic E-state index is 0.847. The molecule has 0 bridgehead atoms. The number of hydrogen-bond donors (Lipinski definition) is 0. The lowest BCUT2D eigenvalue weighted by Gasteiger charge is -1.94. The van der Waals surface area contributed by atoms with Crippen molar-refractivity contribution in [3.05, 3.63) is 54.2 Å². The molecular weight excluding hydrogens is 351 g/mol. The maximum absolute atomic E-state index is 5.95. The minimum Gasteiger partial charge on any atom is -0.124 e. The van der Waals surface area contributed by atoms with Crippen molar-refractivity contribution in [3.63, 3.8) is 0 Å². The molecule has 2 aromatic rings. The Morgan fingerprint density at radius 3 is 2.44 bits per heavy atom. The van der Waals surface area contributed by atoms with Crippen LogP contribution in [-0.2, 0) is 0 Å². The molecule has 0 spiro atoms. The first-order valence-corrected chi connectivity index (χ1v) is 7.12. The molecule has 1 aromatic carbocycles. The molecule has 2 rings (SSSR count). The van der Waals surface area contributed by atoms with Gasteiger partial charge >= 0.3 is 0 Å². The summed E-state index contributed by atoms with van der Waals surface area (Å²) in [5.41, 5.74) is 2.45. The van der Waals surface area contributed by atoms with E-state index >= 15 is 0 Å². The summed E-state index contributed by atoms with van der Waals surface area (Å²) in [7, 11) is 0. The summed E-state index contributed by atoms with van der Waals surface area (Å²) in [6, 6.07) is 10.4. The molecule has 82 valence electrons. The number of rotatable bonds is 2. The van der Waals surface area contributed by atoms with E-state index in [0.29, 0.717) is 0 Å². The molecule has 0 atom stereocenters. The van der Waals surface area contributed by atoms with E-state index in [2.05, 4.69) is 65.9 Å². The predicted octanol–water partition coefficient (Wildman–Crippen LogP) is 5.48. The fourth-order valence-corrected chi connectivity index (χ4v) is 2.94. The molecule has 0 radical (unpaired) electrons. The van der Waals surface area contributed by atoms with E-state index in [1.807, 2.05) is 6.07 Å². The van der Waals surface area contributed by atoms with E-state index in [1.54, 1.807) is 11.3 Å². The smallest absolute Gasteiger partial charge is 0.0937 e. The van der Waals surface area contributed by atoms with Crippen molar-refractivity contribution in [1.29, 1.82) is 0 Å². The monoisotopic (exact) mass is 360 g/mol. The van der Waals surface area contributed by atoms with Crippen LogP contribution in [0.15, 0.2) is 30.3 Å². The molecule has 0 amide bonds. The summed E-state index contributed by atoms with van der Waals surface area (Å²) in [4.78, 5) is 1.23. The van der Waals surface area contributed by atoms with Crippen molar-refractivity contribution >= 4 is 57.7 Å². The van der Waals surface area contributed by atoms with Crippen LogP contribution in [0.4, 0.5) is 0 Å². The van der Waals surface area contributed by atoms with Crippen LogP contribution in [0.25, 0.3) is 12.2 Å². The van der Waals surface area contributed by atoms with Gasteiger partial charge < -0.3 is 0 Å². The largest absolute Gasteiger partial charge is 0.124 e. The van der Waals surface area contributed by atoms with Crippen LogP contribution < -0.4 is 0 Å². The standard InChI is InChI=1S/C13H10ClIS/c1-9-8-13(14)16-12(9)7-4-10-2-5-11(15)6-3-10/h2-8H,1H3/b7-4+. The van der Waals surface area contributed by atoms with Crippen LogP contribution >= 0.6 is 45.5 Å². The Bertz CT molecular complexity index is 511. The van der Waals surface area contributed by atoms with Crippen molar-refractivity contribution in [2.75, 3.05) is 0 Å². The third kappa shape index (κ3) is 3.09. The highest BCUT2D eigenvalue weighted by Gasteiger charge is 1.99. The number of hydrogen-bond acceptors (Lipinski definition) is 1. The zero-order valence-corrected chi connectivity index (χ0v) is 12.4. The molecule has 0 unspecified atom stereocenters. The highest BCUT2D eigenvalue weighted by molar-refractivity contribution is 14.1. The topological polar surface area (TPSA) is 0 Å². The van der Waals surface area contributed by atoms with Gasteiger partial charge in [-0.2, -0.15) is 0 Å². The van der Waals surface area contributed by atoms with Crippen molar-refractivity contribution < 1.29 is 0 Å². The molecule has 0 N–H and O–H groups in total. The third-order valence-electron chi connectivity index (χ3n) is 2.22. The second-order valence-corrected chi connectivity index (χ2v) is 6.44. The molecule has 1 heterocycles. The molecule has 0 fully saturated rings. The van der Waals surface area contributed by atoms with E-state index in [0.717, 1.165) is 4.34 Å². The Labute approximate surface area is 118 Å². The van der Waals surface area contributed by atoms with Crippen LogP contribution in [0.5, 0.6) is 0 Å². The number of benzene rings is 1. The second-order valence-electron chi connectivity index (χ2n) is 3.48. The maximum atomic E-state index is 5.95. The minimum atomic E-state index is 0.847. The average molecular weight is 361 g/mol. The summed E-state index contributed by atoms with van der Waals surface area (Å²) < 4.78 is 2.10. The average Bonchev–Trinajstić information content (AvgIpc) is 2.57. The summed E-state index contributed by atoms with van der Waals surface area (Å²) in [6.07, 6.45) is 4.24. The molecular formula is C13H10ClIS. The molecule has 16 heavy (non-hydrogen) atoms.